The van der Waals surface area contributed by atoms with Crippen LogP contribution in [0.4, 0.5) is 5.69 Å². The molecule has 3 nitrogen and oxygen atoms in total. The first-order valence-electron chi connectivity index (χ1n) is 5.16. The van der Waals surface area contributed by atoms with Crippen LogP contribution in [0.1, 0.15) is 25.8 Å². The molecule has 0 aliphatic heterocycles. The van der Waals surface area contributed by atoms with Gasteiger partial charge in [-0.1, -0.05) is 13.8 Å². The summed E-state index contributed by atoms with van der Waals surface area (Å²) < 4.78 is 6.52. The van der Waals surface area contributed by atoms with Gasteiger partial charge in [-0.15, -0.1) is 0 Å². The fraction of sp³-hybridized carbons (Fsp3) is 0.417. The molecule has 86 valence electrons. The summed E-state index contributed by atoms with van der Waals surface area (Å²) in [5.74, 6) is 1.30. The highest BCUT2D eigenvalue weighted by atomic mass is 127. The minimum absolute atomic E-state index is 0.534. The van der Waals surface area contributed by atoms with Crippen LogP contribution in [0.25, 0.3) is 0 Å². The molecule has 1 rings (SSSR count). The van der Waals surface area contributed by atoms with E-state index in [0.717, 1.165) is 9.99 Å². The summed E-state index contributed by atoms with van der Waals surface area (Å²) in [6.07, 6.45) is 0.996. The summed E-state index contributed by atoms with van der Waals surface area (Å²) in [5.41, 5.74) is 6.94. The van der Waals surface area contributed by atoms with Crippen molar-refractivity contribution < 1.29 is 4.74 Å². The molecule has 0 amide bonds. The second-order valence-electron chi connectivity index (χ2n) is 4.02. The lowest BCUT2D eigenvalue weighted by Gasteiger charge is -2.12. The van der Waals surface area contributed by atoms with Crippen molar-refractivity contribution in [2.45, 2.75) is 20.3 Å². The van der Waals surface area contributed by atoms with Gasteiger partial charge in [0, 0.05) is 0 Å². The molecule has 0 aliphatic rings. The summed E-state index contributed by atoms with van der Waals surface area (Å²) >= 11 is 2.14. The third-order valence-corrected chi connectivity index (χ3v) is 2.94. The first-order chi connectivity index (χ1) is 7.54. The number of benzene rings is 1. The van der Waals surface area contributed by atoms with E-state index in [9.17, 15) is 0 Å². The number of nitriles is 1. The minimum Gasteiger partial charge on any atom is -0.490 e. The fourth-order valence-corrected chi connectivity index (χ4v) is 2.03. The predicted molar refractivity (Wildman–Crippen MR) is 73.2 cm³/mol. The van der Waals surface area contributed by atoms with Crippen molar-refractivity contribution in [3.05, 3.63) is 21.3 Å². The van der Waals surface area contributed by atoms with Crippen molar-refractivity contribution in [2.75, 3.05) is 12.3 Å². The van der Waals surface area contributed by atoms with E-state index in [1.807, 2.05) is 0 Å². The number of ether oxygens (including phenoxy) is 1. The zero-order valence-electron chi connectivity index (χ0n) is 9.46. The van der Waals surface area contributed by atoms with Crippen LogP contribution < -0.4 is 10.5 Å². The van der Waals surface area contributed by atoms with Crippen LogP contribution in [-0.4, -0.2) is 6.61 Å². The van der Waals surface area contributed by atoms with Crippen molar-refractivity contribution in [1.29, 1.82) is 5.26 Å². The van der Waals surface area contributed by atoms with E-state index in [-0.39, 0.29) is 0 Å². The first-order valence-corrected chi connectivity index (χ1v) is 6.24. The topological polar surface area (TPSA) is 59.0 Å². The molecule has 0 bridgehead atoms. The zero-order chi connectivity index (χ0) is 12.1. The first kappa shape index (κ1) is 13.1. The van der Waals surface area contributed by atoms with Gasteiger partial charge in [0.15, 0.2) is 5.75 Å². The van der Waals surface area contributed by atoms with Gasteiger partial charge in [0.2, 0.25) is 0 Å². The summed E-state index contributed by atoms with van der Waals surface area (Å²) in [6, 6.07) is 5.49. The highest BCUT2D eigenvalue weighted by Gasteiger charge is 2.08. The van der Waals surface area contributed by atoms with Gasteiger partial charge in [0.1, 0.15) is 0 Å². The van der Waals surface area contributed by atoms with Crippen molar-refractivity contribution in [2.24, 2.45) is 5.92 Å². The molecule has 0 radical (unpaired) electrons. The van der Waals surface area contributed by atoms with E-state index in [4.69, 9.17) is 15.7 Å². The third kappa shape index (κ3) is 3.56. The number of nitrogen functional groups attached to an aromatic ring is 1. The highest BCUT2D eigenvalue weighted by Crippen LogP contribution is 2.29. The zero-order valence-corrected chi connectivity index (χ0v) is 11.6. The Balaban J connectivity index is 2.77. The molecule has 0 spiro atoms. The Labute approximate surface area is 110 Å². The number of nitrogens with two attached hydrogens (primary N) is 1. The molecular weight excluding hydrogens is 315 g/mol. The van der Waals surface area contributed by atoms with Gasteiger partial charge in [-0.3, -0.25) is 0 Å². The van der Waals surface area contributed by atoms with Gasteiger partial charge < -0.3 is 10.5 Å². The normalized spacial score (nSPS) is 10.2. The smallest absolute Gasteiger partial charge is 0.155 e. The Morgan fingerprint density at radius 1 is 1.50 bits per heavy atom. The lowest BCUT2D eigenvalue weighted by atomic mass is 10.1. The van der Waals surface area contributed by atoms with Gasteiger partial charge in [0.05, 0.1) is 27.5 Å². The summed E-state index contributed by atoms with van der Waals surface area (Å²) in [4.78, 5) is 0. The number of nitrogens with zero attached hydrogens (tertiary/aromatic N) is 1. The molecule has 4 heteroatoms. The summed E-state index contributed by atoms with van der Waals surface area (Å²) in [7, 11) is 0. The molecule has 0 aliphatic carbocycles. The SMILES string of the molecule is CC(C)CCOc1c(N)cc(C#N)cc1I. The van der Waals surface area contributed by atoms with Gasteiger partial charge in [-0.05, 0) is 47.1 Å². The van der Waals surface area contributed by atoms with Gasteiger partial charge >= 0.3 is 0 Å². The highest BCUT2D eigenvalue weighted by molar-refractivity contribution is 14.1. The van der Waals surface area contributed by atoms with E-state index in [1.54, 1.807) is 12.1 Å². The van der Waals surface area contributed by atoms with Gasteiger partial charge in [0.25, 0.3) is 0 Å². The van der Waals surface area contributed by atoms with Crippen LogP contribution in [0.15, 0.2) is 12.1 Å². The Bertz CT molecular complexity index is 387. The summed E-state index contributed by atoms with van der Waals surface area (Å²) in [5, 5.41) is 8.78. The molecule has 1 aromatic carbocycles. The van der Waals surface area contributed by atoms with E-state index in [2.05, 4.69) is 42.5 Å². The lowest BCUT2D eigenvalue weighted by Crippen LogP contribution is -2.05. The minimum atomic E-state index is 0.534. The van der Waals surface area contributed by atoms with E-state index in [0.29, 0.717) is 29.5 Å². The van der Waals surface area contributed by atoms with E-state index >= 15 is 0 Å². The van der Waals surface area contributed by atoms with Crippen LogP contribution in [0.3, 0.4) is 0 Å². The Morgan fingerprint density at radius 3 is 2.69 bits per heavy atom. The second-order valence-corrected chi connectivity index (χ2v) is 5.18. The predicted octanol–water partition coefficient (Wildman–Crippen LogP) is 3.17. The maximum atomic E-state index is 8.78. The van der Waals surface area contributed by atoms with E-state index < -0.39 is 0 Å². The third-order valence-electron chi connectivity index (χ3n) is 2.14. The maximum absolute atomic E-state index is 8.78. The van der Waals surface area contributed by atoms with Crippen molar-refractivity contribution in [1.82, 2.24) is 0 Å². The molecule has 0 aromatic heterocycles. The molecule has 0 unspecified atom stereocenters. The molecule has 2 N–H and O–H groups in total. The average Bonchev–Trinajstić information content (AvgIpc) is 2.21. The number of anilines is 1. The standard InChI is InChI=1S/C12H15IN2O/c1-8(2)3-4-16-12-10(13)5-9(7-14)6-11(12)15/h5-6,8H,3-4,15H2,1-2H3. The molecule has 0 fully saturated rings. The quantitative estimate of drug-likeness (QED) is 0.681. The summed E-state index contributed by atoms with van der Waals surface area (Å²) in [6.45, 7) is 4.96. The van der Waals surface area contributed by atoms with Crippen molar-refractivity contribution in [3.8, 4) is 11.8 Å². The molecule has 16 heavy (non-hydrogen) atoms. The number of halogens is 1. The Kier molecular flexibility index (Phi) is 4.87. The monoisotopic (exact) mass is 330 g/mol. The van der Waals surface area contributed by atoms with Crippen molar-refractivity contribution in [3.63, 3.8) is 0 Å². The molecule has 0 saturated heterocycles. The van der Waals surface area contributed by atoms with Crippen LogP contribution in [0, 0.1) is 20.8 Å². The number of hydrogen-bond donors (Lipinski definition) is 1. The number of hydrogen-bond acceptors (Lipinski definition) is 3. The van der Waals surface area contributed by atoms with Crippen LogP contribution in [0.5, 0.6) is 5.75 Å². The molecule has 0 heterocycles. The van der Waals surface area contributed by atoms with E-state index in [1.165, 1.54) is 0 Å². The number of rotatable bonds is 4. The maximum Gasteiger partial charge on any atom is 0.155 e. The average molecular weight is 330 g/mol. The van der Waals surface area contributed by atoms with Gasteiger partial charge in [-0.2, -0.15) is 5.26 Å². The van der Waals surface area contributed by atoms with Crippen molar-refractivity contribution >= 4 is 28.3 Å². The Morgan fingerprint density at radius 2 is 2.19 bits per heavy atom. The molecule has 0 atom stereocenters. The van der Waals surface area contributed by atoms with Crippen LogP contribution >= 0.6 is 22.6 Å². The molecular formula is C12H15IN2O. The molecule has 0 saturated carbocycles. The Hall–Kier alpha value is -0.960. The molecule has 1 aromatic rings. The fourth-order valence-electron chi connectivity index (χ4n) is 1.23. The van der Waals surface area contributed by atoms with Crippen LogP contribution in [-0.2, 0) is 0 Å². The second kappa shape index (κ2) is 5.94. The van der Waals surface area contributed by atoms with Crippen LogP contribution in [0.2, 0.25) is 0 Å². The van der Waals surface area contributed by atoms with Gasteiger partial charge in [-0.25, -0.2) is 0 Å². The lowest BCUT2D eigenvalue weighted by molar-refractivity contribution is 0.289. The largest absolute Gasteiger partial charge is 0.490 e.